The Balaban J connectivity index is 2.01. The largest absolute Gasteiger partial charge is 0.385 e. The number of amides is 1. The lowest BCUT2D eigenvalue weighted by Gasteiger charge is -2.22. The van der Waals surface area contributed by atoms with E-state index in [0.717, 1.165) is 18.2 Å². The summed E-state index contributed by atoms with van der Waals surface area (Å²) >= 11 is 6.11. The van der Waals surface area contributed by atoms with Crippen LogP contribution >= 0.6 is 11.6 Å². The van der Waals surface area contributed by atoms with E-state index in [2.05, 4.69) is 5.32 Å². The summed E-state index contributed by atoms with van der Waals surface area (Å²) in [5.41, 5.74) is 1.54. The molecule has 2 rings (SSSR count). The molecule has 0 saturated heterocycles. The van der Waals surface area contributed by atoms with Crippen LogP contribution in [0.25, 0.3) is 0 Å². The van der Waals surface area contributed by atoms with Gasteiger partial charge in [-0.1, -0.05) is 30.9 Å². The lowest BCUT2D eigenvalue weighted by atomic mass is 9.89. The Bertz CT molecular complexity index is 468. The van der Waals surface area contributed by atoms with Crippen molar-refractivity contribution in [3.05, 3.63) is 28.8 Å². The number of rotatable bonds is 4. The number of benzene rings is 1. The molecule has 0 atom stereocenters. The first-order chi connectivity index (χ1) is 9.58. The molecule has 110 valence electrons. The number of halogens is 1. The van der Waals surface area contributed by atoms with E-state index in [1.807, 2.05) is 12.1 Å². The second kappa shape index (κ2) is 6.98. The highest BCUT2D eigenvalue weighted by atomic mass is 35.5. The molecule has 0 bridgehead atoms. The van der Waals surface area contributed by atoms with Gasteiger partial charge >= 0.3 is 0 Å². The van der Waals surface area contributed by atoms with E-state index >= 15 is 0 Å². The zero-order valence-corrected chi connectivity index (χ0v) is 13.0. The fraction of sp³-hybridized carbons (Fsp3) is 0.562. The molecule has 0 spiro atoms. The van der Waals surface area contributed by atoms with Crippen LogP contribution < -0.4 is 5.32 Å². The first kappa shape index (κ1) is 15.2. The summed E-state index contributed by atoms with van der Waals surface area (Å²) in [6.45, 7) is 0.983. The van der Waals surface area contributed by atoms with Gasteiger partial charge in [-0.25, -0.2) is 0 Å². The summed E-state index contributed by atoms with van der Waals surface area (Å²) < 4.78 is 0. The highest BCUT2D eigenvalue weighted by Crippen LogP contribution is 2.25. The van der Waals surface area contributed by atoms with Crippen molar-refractivity contribution in [3.8, 4) is 0 Å². The van der Waals surface area contributed by atoms with E-state index in [1.165, 1.54) is 32.1 Å². The highest BCUT2D eigenvalue weighted by Gasteiger charge is 2.15. The molecule has 0 aliphatic heterocycles. The molecule has 20 heavy (non-hydrogen) atoms. The summed E-state index contributed by atoms with van der Waals surface area (Å²) in [5, 5.41) is 3.95. The molecule has 3 nitrogen and oxygen atoms in total. The number of hydrogen-bond donors (Lipinski definition) is 1. The molecule has 1 aromatic rings. The van der Waals surface area contributed by atoms with Crippen molar-refractivity contribution >= 4 is 23.2 Å². The quantitative estimate of drug-likeness (QED) is 0.909. The van der Waals surface area contributed by atoms with Gasteiger partial charge in [0.1, 0.15) is 0 Å². The van der Waals surface area contributed by atoms with Crippen LogP contribution in [-0.2, 0) is 0 Å². The molecule has 1 amide bonds. The Labute approximate surface area is 126 Å². The molecule has 0 aromatic heterocycles. The fourth-order valence-electron chi connectivity index (χ4n) is 2.69. The van der Waals surface area contributed by atoms with Crippen LogP contribution in [-0.4, -0.2) is 31.4 Å². The van der Waals surface area contributed by atoms with Crippen LogP contribution in [0.4, 0.5) is 5.69 Å². The van der Waals surface area contributed by atoms with Gasteiger partial charge in [0, 0.05) is 26.3 Å². The van der Waals surface area contributed by atoms with E-state index in [9.17, 15) is 4.79 Å². The van der Waals surface area contributed by atoms with E-state index < -0.39 is 0 Å². The summed E-state index contributed by atoms with van der Waals surface area (Å²) in [6, 6.07) is 5.59. The minimum atomic E-state index is -0.0590. The minimum absolute atomic E-state index is 0.0590. The Kier molecular flexibility index (Phi) is 5.30. The second-order valence-corrected chi connectivity index (χ2v) is 6.19. The maximum Gasteiger partial charge on any atom is 0.254 e. The van der Waals surface area contributed by atoms with Crippen LogP contribution in [0.15, 0.2) is 18.2 Å². The maximum absolute atomic E-state index is 12.0. The van der Waals surface area contributed by atoms with Gasteiger partial charge in [0.25, 0.3) is 5.91 Å². The first-order valence-electron chi connectivity index (χ1n) is 7.33. The Morgan fingerprint density at radius 3 is 2.65 bits per heavy atom. The van der Waals surface area contributed by atoms with Crippen molar-refractivity contribution in [2.24, 2.45) is 5.92 Å². The molecule has 0 radical (unpaired) electrons. The number of carbonyl (C=O) groups is 1. The standard InChI is InChI=1S/C16H23ClN2O/c1-19(2)16(20)14-10-13(8-9-15(14)17)18-11-12-6-4-3-5-7-12/h8-10,12,18H,3-7,11H2,1-2H3. The zero-order chi connectivity index (χ0) is 14.5. The normalized spacial score (nSPS) is 15.9. The predicted molar refractivity (Wildman–Crippen MR) is 84.5 cm³/mol. The Morgan fingerprint density at radius 1 is 1.30 bits per heavy atom. The van der Waals surface area contributed by atoms with Gasteiger partial charge in [0.15, 0.2) is 0 Å². The van der Waals surface area contributed by atoms with Gasteiger partial charge in [-0.05, 0) is 37.0 Å². The van der Waals surface area contributed by atoms with Crippen LogP contribution in [0.2, 0.25) is 5.02 Å². The third-order valence-corrected chi connectivity index (χ3v) is 4.25. The van der Waals surface area contributed by atoms with Crippen molar-refractivity contribution in [1.82, 2.24) is 4.90 Å². The van der Waals surface area contributed by atoms with Crippen molar-refractivity contribution in [3.63, 3.8) is 0 Å². The molecule has 1 aliphatic rings. The summed E-state index contributed by atoms with van der Waals surface area (Å²) in [4.78, 5) is 13.6. The third-order valence-electron chi connectivity index (χ3n) is 3.92. The Hall–Kier alpha value is -1.22. The average molecular weight is 295 g/mol. The van der Waals surface area contributed by atoms with Crippen LogP contribution in [0.1, 0.15) is 42.5 Å². The topological polar surface area (TPSA) is 32.3 Å². The van der Waals surface area contributed by atoms with Crippen molar-refractivity contribution < 1.29 is 4.79 Å². The molecule has 1 aromatic carbocycles. The summed E-state index contributed by atoms with van der Waals surface area (Å²) in [6.07, 6.45) is 6.68. The van der Waals surface area contributed by atoms with Crippen molar-refractivity contribution in [2.45, 2.75) is 32.1 Å². The van der Waals surface area contributed by atoms with Gasteiger partial charge in [0.05, 0.1) is 10.6 Å². The predicted octanol–water partition coefficient (Wildman–Crippen LogP) is 4.03. The molecule has 0 heterocycles. The Morgan fingerprint density at radius 2 is 2.00 bits per heavy atom. The zero-order valence-electron chi connectivity index (χ0n) is 12.3. The lowest BCUT2D eigenvalue weighted by molar-refractivity contribution is 0.0828. The molecule has 1 fully saturated rings. The van der Waals surface area contributed by atoms with Gasteiger partial charge in [-0.3, -0.25) is 4.79 Å². The molecular formula is C16H23ClN2O. The highest BCUT2D eigenvalue weighted by molar-refractivity contribution is 6.34. The maximum atomic E-state index is 12.0. The van der Waals surface area contributed by atoms with Crippen molar-refractivity contribution in [2.75, 3.05) is 26.0 Å². The monoisotopic (exact) mass is 294 g/mol. The molecular weight excluding hydrogens is 272 g/mol. The molecule has 0 unspecified atom stereocenters. The van der Waals surface area contributed by atoms with E-state index in [0.29, 0.717) is 10.6 Å². The first-order valence-corrected chi connectivity index (χ1v) is 7.71. The number of nitrogens with one attached hydrogen (secondary N) is 1. The van der Waals surface area contributed by atoms with Crippen LogP contribution in [0.3, 0.4) is 0 Å². The van der Waals surface area contributed by atoms with Crippen molar-refractivity contribution in [1.29, 1.82) is 0 Å². The molecule has 1 saturated carbocycles. The minimum Gasteiger partial charge on any atom is -0.385 e. The molecule has 4 heteroatoms. The van der Waals surface area contributed by atoms with Crippen LogP contribution in [0, 0.1) is 5.92 Å². The molecule has 1 N–H and O–H groups in total. The number of nitrogens with zero attached hydrogens (tertiary/aromatic N) is 1. The summed E-state index contributed by atoms with van der Waals surface area (Å²) in [5.74, 6) is 0.698. The number of hydrogen-bond acceptors (Lipinski definition) is 2. The number of anilines is 1. The van der Waals surface area contributed by atoms with Gasteiger partial charge in [-0.15, -0.1) is 0 Å². The van der Waals surface area contributed by atoms with E-state index in [1.54, 1.807) is 25.1 Å². The fourth-order valence-corrected chi connectivity index (χ4v) is 2.89. The van der Waals surface area contributed by atoms with Gasteiger partial charge in [-0.2, -0.15) is 0 Å². The molecule has 1 aliphatic carbocycles. The third kappa shape index (κ3) is 3.89. The van der Waals surface area contributed by atoms with E-state index in [-0.39, 0.29) is 5.91 Å². The average Bonchev–Trinajstić information content (AvgIpc) is 2.46. The summed E-state index contributed by atoms with van der Waals surface area (Å²) in [7, 11) is 3.47. The SMILES string of the molecule is CN(C)C(=O)c1cc(NCC2CCCCC2)ccc1Cl. The second-order valence-electron chi connectivity index (χ2n) is 5.78. The smallest absolute Gasteiger partial charge is 0.254 e. The lowest BCUT2D eigenvalue weighted by Crippen LogP contribution is -2.22. The number of carbonyl (C=O) groups excluding carboxylic acids is 1. The van der Waals surface area contributed by atoms with Crippen LogP contribution in [0.5, 0.6) is 0 Å². The van der Waals surface area contributed by atoms with Gasteiger partial charge in [0.2, 0.25) is 0 Å². The van der Waals surface area contributed by atoms with E-state index in [4.69, 9.17) is 11.6 Å². The van der Waals surface area contributed by atoms with Gasteiger partial charge < -0.3 is 10.2 Å².